The molecule has 0 spiro atoms. The first kappa shape index (κ1) is 12.7. The Bertz CT molecular complexity index is 762. The lowest BCUT2D eigenvalue weighted by Gasteiger charge is -2.09. The molecule has 3 rings (SSSR count). The number of aryl methyl sites for hydroxylation is 1. The molecule has 2 N–H and O–H groups in total. The van der Waals surface area contributed by atoms with Gasteiger partial charge in [-0.1, -0.05) is 17.7 Å². The molecule has 2 heterocycles. The molecule has 0 atom stereocenters. The van der Waals surface area contributed by atoms with Crippen LogP contribution >= 0.6 is 0 Å². The van der Waals surface area contributed by atoms with Gasteiger partial charge < -0.3 is 14.9 Å². The van der Waals surface area contributed by atoms with Crippen LogP contribution in [0.1, 0.15) is 11.3 Å². The van der Waals surface area contributed by atoms with E-state index in [1.165, 1.54) is 5.56 Å². The molecule has 1 aromatic carbocycles. The van der Waals surface area contributed by atoms with E-state index in [-0.39, 0.29) is 0 Å². The highest BCUT2D eigenvalue weighted by molar-refractivity contribution is 5.73. The molecule has 4 nitrogen and oxygen atoms in total. The van der Waals surface area contributed by atoms with Crippen molar-refractivity contribution >= 4 is 5.65 Å². The van der Waals surface area contributed by atoms with Crippen molar-refractivity contribution in [3.8, 4) is 17.0 Å². The molecule has 0 radical (unpaired) electrons. The van der Waals surface area contributed by atoms with E-state index in [1.807, 2.05) is 40.9 Å². The van der Waals surface area contributed by atoms with E-state index >= 15 is 0 Å². The third-order valence-corrected chi connectivity index (χ3v) is 3.43. The van der Waals surface area contributed by atoms with Gasteiger partial charge in [0, 0.05) is 18.3 Å². The number of ether oxygens (including phenoxy) is 1. The summed E-state index contributed by atoms with van der Waals surface area (Å²) in [4.78, 5) is 4.71. The Kier molecular flexibility index (Phi) is 3.16. The molecule has 0 bridgehead atoms. The number of rotatable bonds is 3. The number of aromatic nitrogens is 2. The van der Waals surface area contributed by atoms with Gasteiger partial charge in [-0.2, -0.15) is 0 Å². The normalized spacial score (nSPS) is 10.9. The van der Waals surface area contributed by atoms with Crippen LogP contribution < -0.4 is 10.5 Å². The quantitative estimate of drug-likeness (QED) is 0.794. The van der Waals surface area contributed by atoms with Crippen molar-refractivity contribution in [3.05, 3.63) is 53.9 Å². The Morgan fingerprint density at radius 3 is 2.85 bits per heavy atom. The summed E-state index contributed by atoms with van der Waals surface area (Å²) in [6.07, 6.45) is 1.98. The van der Waals surface area contributed by atoms with Crippen LogP contribution in [0.2, 0.25) is 0 Å². The van der Waals surface area contributed by atoms with Crippen LogP contribution in [-0.4, -0.2) is 16.5 Å². The topological polar surface area (TPSA) is 52.5 Å². The number of fused-ring (bicyclic) bond motifs is 1. The van der Waals surface area contributed by atoms with E-state index in [1.54, 1.807) is 7.11 Å². The van der Waals surface area contributed by atoms with Gasteiger partial charge in [-0.05, 0) is 31.2 Å². The number of benzene rings is 1. The average Bonchev–Trinajstić information content (AvgIpc) is 2.85. The van der Waals surface area contributed by atoms with Gasteiger partial charge in [-0.3, -0.25) is 0 Å². The summed E-state index contributed by atoms with van der Waals surface area (Å²) in [7, 11) is 1.67. The van der Waals surface area contributed by atoms with Crippen LogP contribution in [0.4, 0.5) is 0 Å². The zero-order valence-electron chi connectivity index (χ0n) is 11.6. The first-order valence-electron chi connectivity index (χ1n) is 6.55. The minimum Gasteiger partial charge on any atom is -0.496 e. The predicted molar refractivity (Wildman–Crippen MR) is 79.8 cm³/mol. The Balaban J connectivity index is 2.31. The lowest BCUT2D eigenvalue weighted by molar-refractivity contribution is 0.416. The van der Waals surface area contributed by atoms with Crippen molar-refractivity contribution in [2.24, 2.45) is 5.73 Å². The molecular weight excluding hydrogens is 250 g/mol. The highest BCUT2D eigenvalue weighted by Gasteiger charge is 2.16. The Labute approximate surface area is 117 Å². The number of imidazole rings is 1. The van der Waals surface area contributed by atoms with Gasteiger partial charge in [-0.25, -0.2) is 4.98 Å². The molecule has 102 valence electrons. The molecule has 0 amide bonds. The van der Waals surface area contributed by atoms with Crippen LogP contribution in [0.25, 0.3) is 16.9 Å². The SMILES string of the molecule is COc1ccc(C)cc1-c1nc2ccccn2c1CN. The maximum atomic E-state index is 5.93. The molecule has 0 saturated carbocycles. The molecule has 0 aliphatic carbocycles. The van der Waals surface area contributed by atoms with Gasteiger partial charge in [0.15, 0.2) is 0 Å². The average molecular weight is 267 g/mol. The molecule has 3 aromatic rings. The molecule has 0 unspecified atom stereocenters. The number of nitrogens with two attached hydrogens (primary N) is 1. The molecule has 0 fully saturated rings. The fourth-order valence-electron chi connectivity index (χ4n) is 2.46. The van der Waals surface area contributed by atoms with Crippen molar-refractivity contribution in [2.75, 3.05) is 7.11 Å². The van der Waals surface area contributed by atoms with E-state index in [0.717, 1.165) is 28.3 Å². The third-order valence-electron chi connectivity index (χ3n) is 3.43. The van der Waals surface area contributed by atoms with Crippen LogP contribution in [0.15, 0.2) is 42.6 Å². The van der Waals surface area contributed by atoms with Crippen molar-refractivity contribution in [1.82, 2.24) is 9.38 Å². The first-order valence-corrected chi connectivity index (χ1v) is 6.55. The molecule has 20 heavy (non-hydrogen) atoms. The number of pyridine rings is 1. The lowest BCUT2D eigenvalue weighted by Crippen LogP contribution is -2.02. The summed E-state index contributed by atoms with van der Waals surface area (Å²) in [5.74, 6) is 0.814. The fraction of sp³-hybridized carbons (Fsp3) is 0.188. The van der Waals surface area contributed by atoms with Gasteiger partial charge in [0.2, 0.25) is 0 Å². The highest BCUT2D eigenvalue weighted by Crippen LogP contribution is 2.33. The molecule has 0 saturated heterocycles. The van der Waals surface area contributed by atoms with Gasteiger partial charge in [-0.15, -0.1) is 0 Å². The van der Waals surface area contributed by atoms with Gasteiger partial charge in [0.25, 0.3) is 0 Å². The Morgan fingerprint density at radius 2 is 2.10 bits per heavy atom. The monoisotopic (exact) mass is 267 g/mol. The van der Waals surface area contributed by atoms with E-state index in [2.05, 4.69) is 13.0 Å². The third kappa shape index (κ3) is 1.94. The second kappa shape index (κ2) is 4.98. The fourth-order valence-corrected chi connectivity index (χ4v) is 2.46. The maximum absolute atomic E-state index is 5.93. The predicted octanol–water partition coefficient (Wildman–Crippen LogP) is 2.78. The Morgan fingerprint density at radius 1 is 1.25 bits per heavy atom. The molecule has 0 aliphatic rings. The summed E-state index contributed by atoms with van der Waals surface area (Å²) in [6.45, 7) is 2.48. The Hall–Kier alpha value is -2.33. The summed E-state index contributed by atoms with van der Waals surface area (Å²) in [6, 6.07) is 12.0. The zero-order chi connectivity index (χ0) is 14.1. The van der Waals surface area contributed by atoms with Crippen LogP contribution in [-0.2, 0) is 6.54 Å². The summed E-state index contributed by atoms with van der Waals surface area (Å²) in [5, 5.41) is 0. The van der Waals surface area contributed by atoms with Gasteiger partial charge in [0.1, 0.15) is 11.4 Å². The molecule has 2 aromatic heterocycles. The molecule has 0 aliphatic heterocycles. The number of nitrogens with zero attached hydrogens (tertiary/aromatic N) is 2. The van der Waals surface area contributed by atoms with Crippen molar-refractivity contribution < 1.29 is 4.74 Å². The number of hydrogen-bond donors (Lipinski definition) is 1. The standard InChI is InChI=1S/C16H17N3O/c1-11-6-7-14(20-2)12(9-11)16-13(10-17)19-8-4-3-5-15(19)18-16/h3-9H,10,17H2,1-2H3. The number of methoxy groups -OCH3 is 1. The molecular formula is C16H17N3O. The minimum absolute atomic E-state index is 0.428. The van der Waals surface area contributed by atoms with Gasteiger partial charge >= 0.3 is 0 Å². The summed E-state index contributed by atoms with van der Waals surface area (Å²) < 4.78 is 7.49. The van der Waals surface area contributed by atoms with Crippen molar-refractivity contribution in [3.63, 3.8) is 0 Å². The van der Waals surface area contributed by atoms with Crippen LogP contribution in [0.5, 0.6) is 5.75 Å². The second-order valence-corrected chi connectivity index (χ2v) is 4.74. The summed E-state index contributed by atoms with van der Waals surface area (Å²) in [5.41, 5.74) is 10.9. The summed E-state index contributed by atoms with van der Waals surface area (Å²) >= 11 is 0. The van der Waals surface area contributed by atoms with E-state index in [9.17, 15) is 0 Å². The van der Waals surface area contributed by atoms with Crippen molar-refractivity contribution in [1.29, 1.82) is 0 Å². The maximum Gasteiger partial charge on any atom is 0.137 e. The largest absolute Gasteiger partial charge is 0.496 e. The second-order valence-electron chi connectivity index (χ2n) is 4.74. The minimum atomic E-state index is 0.428. The highest BCUT2D eigenvalue weighted by atomic mass is 16.5. The van der Waals surface area contributed by atoms with Crippen LogP contribution in [0, 0.1) is 6.92 Å². The van der Waals surface area contributed by atoms with E-state index < -0.39 is 0 Å². The van der Waals surface area contributed by atoms with Gasteiger partial charge in [0.05, 0.1) is 18.5 Å². The lowest BCUT2D eigenvalue weighted by atomic mass is 10.1. The van der Waals surface area contributed by atoms with E-state index in [0.29, 0.717) is 6.54 Å². The first-order chi connectivity index (χ1) is 9.74. The van der Waals surface area contributed by atoms with E-state index in [4.69, 9.17) is 15.5 Å². The molecule has 4 heteroatoms. The van der Waals surface area contributed by atoms with Crippen LogP contribution in [0.3, 0.4) is 0 Å². The zero-order valence-corrected chi connectivity index (χ0v) is 11.6. The van der Waals surface area contributed by atoms with Crippen molar-refractivity contribution in [2.45, 2.75) is 13.5 Å². The number of hydrogen-bond acceptors (Lipinski definition) is 3. The smallest absolute Gasteiger partial charge is 0.137 e.